The number of aliphatic carboxylic acids is 1. The van der Waals surface area contributed by atoms with Crippen molar-refractivity contribution in [3.8, 4) is 0 Å². The second-order valence-corrected chi connectivity index (χ2v) is 21.2. The van der Waals surface area contributed by atoms with Crippen LogP contribution in [0.3, 0.4) is 0 Å². The molecule has 0 atom stereocenters. The lowest BCUT2D eigenvalue weighted by Crippen LogP contribution is -2.48. The van der Waals surface area contributed by atoms with E-state index >= 15 is 0 Å². The van der Waals surface area contributed by atoms with Crippen LogP contribution in [0, 0.1) is 0 Å². The zero-order chi connectivity index (χ0) is 36.7. The molecule has 2 aromatic heterocycles. The van der Waals surface area contributed by atoms with Gasteiger partial charge in [0.15, 0.2) is 6.54 Å². The van der Waals surface area contributed by atoms with E-state index in [0.29, 0.717) is 37.1 Å². The van der Waals surface area contributed by atoms with Gasteiger partial charge in [-0.25, -0.2) is 4.79 Å². The first kappa shape index (κ1) is 42.6. The minimum atomic E-state index is -0.854. The van der Waals surface area contributed by atoms with E-state index in [1.165, 1.54) is 19.5 Å². The summed E-state index contributed by atoms with van der Waals surface area (Å²) in [6.07, 6.45) is 0.612. The second kappa shape index (κ2) is 17.1. The van der Waals surface area contributed by atoms with E-state index in [4.69, 9.17) is 5.73 Å². The number of hydrogen-bond acceptors (Lipinski definition) is 8. The molecule has 0 fully saturated rings. The van der Waals surface area contributed by atoms with Crippen molar-refractivity contribution in [2.75, 3.05) is 58.3 Å². The van der Waals surface area contributed by atoms with Crippen molar-refractivity contribution in [2.45, 2.75) is 104 Å². The summed E-state index contributed by atoms with van der Waals surface area (Å²) in [7, 11) is 7.18. The highest BCUT2D eigenvalue weighted by atomic mass is 33.1. The fraction of sp³-hybridized carbons (Fsp3) is 0.694. The Morgan fingerprint density at radius 3 is 1.77 bits per heavy atom. The van der Waals surface area contributed by atoms with Gasteiger partial charge in [0.1, 0.15) is 0 Å². The average Bonchev–Trinajstić information content (AvgIpc) is 3.55. The van der Waals surface area contributed by atoms with Crippen molar-refractivity contribution in [3.05, 3.63) is 42.8 Å². The Bertz CT molecular complexity index is 1400. The summed E-state index contributed by atoms with van der Waals surface area (Å²) in [6.45, 7) is 24.6. The van der Waals surface area contributed by atoms with Gasteiger partial charge in [-0.15, -0.1) is 22.7 Å². The maximum Gasteiger partial charge on any atom is 0.359 e. The molecule has 2 heterocycles. The largest absolute Gasteiger partial charge is 0.477 e. The lowest BCUT2D eigenvalue weighted by molar-refractivity contribution is -0.881. The summed E-state index contributed by atoms with van der Waals surface area (Å²) in [5.41, 5.74) is 6.87. The van der Waals surface area contributed by atoms with Gasteiger partial charge in [-0.1, -0.05) is 90.8 Å². The number of carbonyl (C=O) groups is 3. The zero-order valence-electron chi connectivity index (χ0n) is 31.3. The van der Waals surface area contributed by atoms with Crippen LogP contribution in [0.15, 0.2) is 12.1 Å². The van der Waals surface area contributed by atoms with Crippen LogP contribution in [0.2, 0.25) is 0 Å². The smallest absolute Gasteiger partial charge is 0.359 e. The van der Waals surface area contributed by atoms with E-state index in [0.717, 1.165) is 22.6 Å². The van der Waals surface area contributed by atoms with Gasteiger partial charge in [0.05, 0.1) is 40.0 Å². The van der Waals surface area contributed by atoms with Gasteiger partial charge >= 0.3 is 5.97 Å². The highest BCUT2D eigenvalue weighted by Crippen LogP contribution is 2.52. The number of carbonyl (C=O) groups excluding carboxylic acids is 2. The molecule has 0 aromatic carbocycles. The van der Waals surface area contributed by atoms with Gasteiger partial charge in [-0.2, -0.15) is 0 Å². The number of nitrogens with one attached hydrogen (secondary N) is 2. The molecule has 48 heavy (non-hydrogen) atoms. The van der Waals surface area contributed by atoms with E-state index in [1.54, 1.807) is 32.9 Å². The maximum atomic E-state index is 13.2. The molecule has 8 nitrogen and oxygen atoms in total. The Morgan fingerprint density at radius 2 is 1.25 bits per heavy atom. The first-order chi connectivity index (χ1) is 21.9. The fourth-order valence-corrected chi connectivity index (χ4v) is 10.1. The fourth-order valence-electron chi connectivity index (χ4n) is 5.37. The van der Waals surface area contributed by atoms with E-state index in [1.807, 2.05) is 25.4 Å². The highest BCUT2D eigenvalue weighted by molar-refractivity contribution is 8.76. The van der Waals surface area contributed by atoms with Crippen LogP contribution in [-0.2, 0) is 48.9 Å². The number of carboxylic acid groups (broad SMARTS) is 1. The number of quaternary nitrogens is 1. The molecule has 272 valence electrons. The van der Waals surface area contributed by atoms with Crippen LogP contribution in [0.5, 0.6) is 0 Å². The first-order valence-electron chi connectivity index (χ1n) is 16.7. The minimum Gasteiger partial charge on any atom is -0.477 e. The quantitative estimate of drug-likeness (QED) is 0.0785. The minimum absolute atomic E-state index is 0.00466. The highest BCUT2D eigenvalue weighted by Gasteiger charge is 2.44. The number of hydrogen-bond donors (Lipinski definition) is 4. The van der Waals surface area contributed by atoms with Gasteiger partial charge < -0.3 is 26.0 Å². The molecule has 0 bridgehead atoms. The maximum absolute atomic E-state index is 13.2. The predicted molar refractivity (Wildman–Crippen MR) is 209 cm³/mol. The molecule has 0 saturated carbocycles. The molecule has 2 aromatic rings. The number of thiophene rings is 2. The summed E-state index contributed by atoms with van der Waals surface area (Å²) in [5.74, 6) is 0.872. The number of nitrogens with zero attached hydrogens (tertiary/aromatic N) is 1. The molecule has 2 rings (SSSR count). The Hall–Kier alpha value is -1.57. The van der Waals surface area contributed by atoms with Gasteiger partial charge in [0.2, 0.25) is 11.8 Å². The summed E-state index contributed by atoms with van der Waals surface area (Å²) in [5, 5.41) is 15.3. The van der Waals surface area contributed by atoms with Crippen molar-refractivity contribution >= 4 is 62.0 Å². The molecule has 0 spiro atoms. The number of likely N-dealkylation sites (N-methyl/N-ethyl adjacent to an activating group) is 1. The van der Waals surface area contributed by atoms with Crippen molar-refractivity contribution in [3.63, 3.8) is 0 Å². The predicted octanol–water partition coefficient (Wildman–Crippen LogP) is 6.48. The third-order valence-electron chi connectivity index (χ3n) is 8.88. The summed E-state index contributed by atoms with van der Waals surface area (Å²) >= 11 is 3.61. The van der Waals surface area contributed by atoms with E-state index in [9.17, 15) is 19.5 Å². The molecule has 0 saturated heterocycles. The molecule has 0 aliphatic rings. The third-order valence-corrected chi connectivity index (χ3v) is 15.2. The molecule has 5 N–H and O–H groups in total. The summed E-state index contributed by atoms with van der Waals surface area (Å²) in [6, 6.07) is 4.46. The summed E-state index contributed by atoms with van der Waals surface area (Å²) in [4.78, 5) is 42.5. The Balaban J connectivity index is 2.38. The molecule has 0 aliphatic carbocycles. The zero-order valence-corrected chi connectivity index (χ0v) is 34.6. The molecule has 12 heteroatoms. The second-order valence-electron chi connectivity index (χ2n) is 16.4. The van der Waals surface area contributed by atoms with Gasteiger partial charge in [0.25, 0.3) is 0 Å². The van der Waals surface area contributed by atoms with Crippen LogP contribution < -0.4 is 16.4 Å². The standard InChI is InChI=1S/C36H60N4O4S4/c1-33(2,3)26-19-25(22-29(42)39-15-18-46-45-17-13-37)32(47-26)36(9,10)35(7,8)27-20-24(31(48-27)34(4,5)6)21-28(41)38-14-16-40(11,12)23-30(43)44/h19-20H,13-18,21-23,37H2,1-12H3,(H2-,38,39,41,42,43,44)/p+1. The van der Waals surface area contributed by atoms with E-state index in [2.05, 4.69) is 92.0 Å². The first-order valence-corrected chi connectivity index (χ1v) is 20.8. The Labute approximate surface area is 305 Å². The average molecular weight is 742 g/mol. The van der Waals surface area contributed by atoms with Gasteiger partial charge in [-0.05, 0) is 34.1 Å². The van der Waals surface area contributed by atoms with Crippen LogP contribution in [0.4, 0.5) is 0 Å². The molecule has 0 radical (unpaired) electrons. The van der Waals surface area contributed by atoms with Crippen LogP contribution in [0.25, 0.3) is 0 Å². The van der Waals surface area contributed by atoms with Crippen molar-refractivity contribution in [1.29, 1.82) is 0 Å². The van der Waals surface area contributed by atoms with Crippen LogP contribution in [-0.4, -0.2) is 85.7 Å². The van der Waals surface area contributed by atoms with Crippen molar-refractivity contribution < 1.29 is 24.0 Å². The van der Waals surface area contributed by atoms with Crippen molar-refractivity contribution in [2.24, 2.45) is 5.73 Å². The van der Waals surface area contributed by atoms with E-state index < -0.39 is 5.97 Å². The Morgan fingerprint density at radius 1 is 0.750 bits per heavy atom. The van der Waals surface area contributed by atoms with Gasteiger partial charge in [0, 0.05) is 54.9 Å². The van der Waals surface area contributed by atoms with E-state index in [-0.39, 0.29) is 46.4 Å². The third kappa shape index (κ3) is 12.0. The number of rotatable bonds is 18. The molecule has 2 amide bonds. The molecular formula is C36H61N4O4S4+. The van der Waals surface area contributed by atoms with Crippen LogP contribution >= 0.6 is 44.3 Å². The van der Waals surface area contributed by atoms with Crippen molar-refractivity contribution in [1.82, 2.24) is 10.6 Å². The lowest BCUT2D eigenvalue weighted by atomic mass is 9.65. The van der Waals surface area contributed by atoms with Gasteiger partial charge in [-0.3, -0.25) is 9.59 Å². The summed E-state index contributed by atoms with van der Waals surface area (Å²) < 4.78 is 0.297. The normalized spacial score (nSPS) is 13.1. The van der Waals surface area contributed by atoms with Crippen LogP contribution in [0.1, 0.15) is 99.9 Å². The number of amides is 2. The molecule has 0 unspecified atom stereocenters. The number of nitrogens with two attached hydrogens (primary N) is 1. The SMILES string of the molecule is CC(C)(C)c1cc(CC(=O)NCCSSCCN)c(C(C)(C)C(C)(C)c2cc(CC(=O)NCC[N+](C)(C)CC(=O)O)c(C(C)(C)C)s2)s1. The monoisotopic (exact) mass is 741 g/mol. The molecule has 0 aliphatic heterocycles. The topological polar surface area (TPSA) is 122 Å². The molecular weight excluding hydrogens is 681 g/mol. The number of carboxylic acids is 1. The Kier molecular flexibility index (Phi) is 15.2. The lowest BCUT2D eigenvalue weighted by Gasteiger charge is -2.41.